The molecule has 0 saturated heterocycles. The van der Waals surface area contributed by atoms with Gasteiger partial charge in [0.1, 0.15) is 22.8 Å². The number of phenols is 1. The third-order valence-electron chi connectivity index (χ3n) is 6.64. The van der Waals surface area contributed by atoms with E-state index in [4.69, 9.17) is 17.3 Å². The summed E-state index contributed by atoms with van der Waals surface area (Å²) in [6.07, 6.45) is -1.70. The molecule has 10 nitrogen and oxygen atoms in total. The van der Waals surface area contributed by atoms with Gasteiger partial charge in [0.25, 0.3) is 5.91 Å². The zero-order valence-corrected chi connectivity index (χ0v) is 17.8. The van der Waals surface area contributed by atoms with Gasteiger partial charge in [-0.15, -0.1) is 0 Å². The lowest BCUT2D eigenvalue weighted by Crippen LogP contribution is -2.66. The van der Waals surface area contributed by atoms with Crippen LogP contribution in [0.25, 0.3) is 5.76 Å². The number of carbonyl (C=O) groups excluding carboxylic acids is 3. The van der Waals surface area contributed by atoms with Crippen molar-refractivity contribution in [1.29, 1.82) is 0 Å². The van der Waals surface area contributed by atoms with E-state index in [1.807, 2.05) is 0 Å². The van der Waals surface area contributed by atoms with E-state index < -0.39 is 75.5 Å². The van der Waals surface area contributed by atoms with Crippen LogP contribution < -0.4 is 5.73 Å². The number of carbonyl (C=O) groups is 3. The highest BCUT2D eigenvalue weighted by Gasteiger charge is 2.65. The van der Waals surface area contributed by atoms with Gasteiger partial charge in [0.2, 0.25) is 5.78 Å². The summed E-state index contributed by atoms with van der Waals surface area (Å²) in [7, 11) is 2.97. The molecular weight excluding hydrogens is 444 g/mol. The molecule has 170 valence electrons. The summed E-state index contributed by atoms with van der Waals surface area (Å²) in [5, 5.41) is 54.4. The molecule has 32 heavy (non-hydrogen) atoms. The number of hydrogen-bond acceptors (Lipinski definition) is 9. The minimum absolute atomic E-state index is 0.00251. The van der Waals surface area contributed by atoms with Crippen LogP contribution in [-0.2, 0) is 14.4 Å². The first kappa shape index (κ1) is 22.3. The lowest BCUT2D eigenvalue weighted by molar-refractivity contribution is -0.155. The summed E-state index contributed by atoms with van der Waals surface area (Å²) < 4.78 is 0. The highest BCUT2D eigenvalue weighted by Crippen LogP contribution is 2.56. The number of nitrogens with zero attached hydrogens (tertiary/aromatic N) is 1. The molecule has 0 aromatic heterocycles. The first-order chi connectivity index (χ1) is 14.8. The Balaban J connectivity index is 2.03. The normalized spacial score (nSPS) is 32.1. The summed E-state index contributed by atoms with van der Waals surface area (Å²) in [5.74, 6) is -8.19. The second kappa shape index (κ2) is 7.04. The third kappa shape index (κ3) is 2.61. The second-order valence-electron chi connectivity index (χ2n) is 8.47. The Hall–Kier alpha value is -2.92. The van der Waals surface area contributed by atoms with Crippen LogP contribution in [0.3, 0.4) is 0 Å². The molecule has 1 saturated carbocycles. The summed E-state index contributed by atoms with van der Waals surface area (Å²) >= 11 is 6.19. The van der Waals surface area contributed by atoms with Crippen molar-refractivity contribution in [3.05, 3.63) is 45.2 Å². The molecule has 3 aliphatic carbocycles. The number of rotatable bonds is 2. The molecule has 0 radical (unpaired) electrons. The number of primary amides is 1. The number of aliphatic hydroxyl groups excluding tert-OH is 3. The number of ketones is 2. The topological polar surface area (TPSA) is 182 Å². The van der Waals surface area contributed by atoms with Gasteiger partial charge in [0.15, 0.2) is 11.4 Å². The standard InChI is InChI=1S/C21H21ClN2O8/c1-24(2)14-7-5-6-10(16(27)12-9(25)4-3-8(22)11(12)15(6)26)18(29)21(7,32)19(30)13(17(14)28)20(23)31/h3-4,6-7,14-15,25-27,30,32H,5H2,1-2H3,(H2,23,31)/t6-,7+,14+,15-,21-/m1/s1. The predicted octanol–water partition coefficient (Wildman–Crippen LogP) is 0.108. The Morgan fingerprint density at radius 1 is 1.22 bits per heavy atom. The maximum absolute atomic E-state index is 13.6. The number of hydrogen-bond donors (Lipinski definition) is 6. The fourth-order valence-electron chi connectivity index (χ4n) is 5.24. The van der Waals surface area contributed by atoms with Gasteiger partial charge in [0.05, 0.1) is 17.7 Å². The van der Waals surface area contributed by atoms with Crippen molar-refractivity contribution in [2.24, 2.45) is 17.6 Å². The quantitative estimate of drug-likeness (QED) is 0.331. The van der Waals surface area contributed by atoms with E-state index >= 15 is 0 Å². The Morgan fingerprint density at radius 3 is 2.41 bits per heavy atom. The average Bonchev–Trinajstić information content (AvgIpc) is 2.69. The predicted molar refractivity (Wildman–Crippen MR) is 111 cm³/mol. The second-order valence-corrected chi connectivity index (χ2v) is 8.87. The van der Waals surface area contributed by atoms with E-state index in [2.05, 4.69) is 0 Å². The number of fused-ring (bicyclic) bond motifs is 3. The van der Waals surface area contributed by atoms with Gasteiger partial charge in [0, 0.05) is 28.0 Å². The Morgan fingerprint density at radius 2 is 1.84 bits per heavy atom. The zero-order chi connectivity index (χ0) is 23.9. The Bertz CT molecular complexity index is 1160. The Kier molecular flexibility index (Phi) is 4.90. The number of aliphatic hydroxyl groups is 4. The van der Waals surface area contributed by atoms with E-state index in [0.29, 0.717) is 0 Å². The van der Waals surface area contributed by atoms with Crippen molar-refractivity contribution >= 4 is 34.8 Å². The van der Waals surface area contributed by atoms with Crippen LogP contribution >= 0.6 is 11.6 Å². The molecular formula is C21H21ClN2O8. The van der Waals surface area contributed by atoms with Crippen LogP contribution in [0.1, 0.15) is 23.7 Å². The van der Waals surface area contributed by atoms with Crippen LogP contribution in [0, 0.1) is 11.8 Å². The number of nitrogens with two attached hydrogens (primary N) is 1. The number of aromatic hydroxyl groups is 1. The number of phenolic OH excluding ortho intramolecular Hbond substituents is 1. The molecule has 4 rings (SSSR count). The van der Waals surface area contributed by atoms with E-state index in [0.717, 1.165) is 0 Å². The van der Waals surface area contributed by atoms with Gasteiger partial charge in [-0.3, -0.25) is 19.3 Å². The largest absolute Gasteiger partial charge is 0.508 e. The molecule has 1 amide bonds. The molecule has 5 atom stereocenters. The zero-order valence-electron chi connectivity index (χ0n) is 17.0. The van der Waals surface area contributed by atoms with Gasteiger partial charge in [-0.2, -0.15) is 0 Å². The highest BCUT2D eigenvalue weighted by atomic mass is 35.5. The van der Waals surface area contributed by atoms with Crippen molar-refractivity contribution in [2.45, 2.75) is 24.2 Å². The Labute approximate surface area is 186 Å². The molecule has 0 spiro atoms. The number of likely N-dealkylation sites (N-methyl/N-ethyl adjacent to an activating group) is 1. The molecule has 0 unspecified atom stereocenters. The SMILES string of the molecule is CN(C)[C@@H]1C(=O)C(C(N)=O)=C(O)[C@]2(O)C(=O)C3=C(O)c4c(O)ccc(Cl)c4[C@H](O)[C@@H]3C[C@@H]12. The number of Topliss-reactive ketones (excluding diaryl/α,β-unsaturated/α-hetero) is 2. The van der Waals surface area contributed by atoms with Crippen LogP contribution in [0.4, 0.5) is 0 Å². The van der Waals surface area contributed by atoms with Crippen molar-refractivity contribution in [3.8, 4) is 5.75 Å². The molecule has 11 heteroatoms. The fourth-order valence-corrected chi connectivity index (χ4v) is 5.51. The number of benzene rings is 1. The van der Waals surface area contributed by atoms with Gasteiger partial charge in [-0.1, -0.05) is 11.6 Å². The van der Waals surface area contributed by atoms with Crippen molar-refractivity contribution in [1.82, 2.24) is 4.90 Å². The van der Waals surface area contributed by atoms with Crippen molar-refractivity contribution < 1.29 is 39.9 Å². The molecule has 1 aromatic carbocycles. The highest BCUT2D eigenvalue weighted by molar-refractivity contribution is 6.32. The molecule has 0 heterocycles. The lowest BCUT2D eigenvalue weighted by Gasteiger charge is -2.51. The molecule has 1 fully saturated rings. The maximum atomic E-state index is 13.6. The molecule has 3 aliphatic rings. The fraction of sp³-hybridized carbons (Fsp3) is 0.381. The first-order valence-electron chi connectivity index (χ1n) is 9.69. The van der Waals surface area contributed by atoms with E-state index in [1.54, 1.807) is 0 Å². The van der Waals surface area contributed by atoms with Crippen LogP contribution in [-0.4, -0.2) is 73.6 Å². The monoisotopic (exact) mass is 464 g/mol. The number of amides is 1. The van der Waals surface area contributed by atoms with Gasteiger partial charge >= 0.3 is 0 Å². The van der Waals surface area contributed by atoms with Gasteiger partial charge < -0.3 is 31.3 Å². The van der Waals surface area contributed by atoms with Crippen molar-refractivity contribution in [3.63, 3.8) is 0 Å². The lowest BCUT2D eigenvalue weighted by atomic mass is 9.57. The average molecular weight is 465 g/mol. The molecule has 0 bridgehead atoms. The molecule has 1 aromatic rings. The van der Waals surface area contributed by atoms with Gasteiger partial charge in [-0.25, -0.2) is 0 Å². The van der Waals surface area contributed by atoms with E-state index in [1.165, 1.54) is 31.1 Å². The summed E-state index contributed by atoms with van der Waals surface area (Å²) in [5.41, 5.74) is 0.845. The minimum Gasteiger partial charge on any atom is -0.508 e. The van der Waals surface area contributed by atoms with E-state index in [-0.39, 0.29) is 22.6 Å². The van der Waals surface area contributed by atoms with Crippen molar-refractivity contribution in [2.75, 3.05) is 14.1 Å². The third-order valence-corrected chi connectivity index (χ3v) is 6.97. The number of halogens is 1. The maximum Gasteiger partial charge on any atom is 0.255 e. The first-order valence-corrected chi connectivity index (χ1v) is 10.1. The molecule has 7 N–H and O–H groups in total. The van der Waals surface area contributed by atoms with Gasteiger partial charge in [-0.05, 0) is 32.6 Å². The summed E-state index contributed by atoms with van der Waals surface area (Å²) in [6.45, 7) is 0. The summed E-state index contributed by atoms with van der Waals surface area (Å²) in [6, 6.07) is 1.25. The van der Waals surface area contributed by atoms with Crippen LogP contribution in [0.5, 0.6) is 5.75 Å². The van der Waals surface area contributed by atoms with E-state index in [9.17, 15) is 39.9 Å². The van der Waals surface area contributed by atoms with Crippen LogP contribution in [0.15, 0.2) is 29.0 Å². The minimum atomic E-state index is -2.77. The summed E-state index contributed by atoms with van der Waals surface area (Å²) in [4.78, 5) is 39.8. The smallest absolute Gasteiger partial charge is 0.255 e. The molecule has 0 aliphatic heterocycles. The van der Waals surface area contributed by atoms with Crippen LogP contribution in [0.2, 0.25) is 5.02 Å².